The minimum atomic E-state index is -0.337. The molecular formula is C18H36OP+. The molecule has 0 atom stereocenters. The molecule has 1 nitrogen and oxygen atoms in total. The number of hydrogen-bond donors (Lipinski definition) is 0. The summed E-state index contributed by atoms with van der Waals surface area (Å²) in [6.45, 7) is 13.0. The summed E-state index contributed by atoms with van der Waals surface area (Å²) in [6.07, 6.45) is 7.66. The molecule has 0 unspecified atom stereocenters. The van der Waals surface area contributed by atoms with Crippen LogP contribution >= 0.6 is 7.26 Å². The highest BCUT2D eigenvalue weighted by Crippen LogP contribution is 2.54. The topological polar surface area (TPSA) is 9.23 Å². The van der Waals surface area contributed by atoms with Crippen molar-refractivity contribution in [1.82, 2.24) is 0 Å². The maximum atomic E-state index is 4.91. The van der Waals surface area contributed by atoms with Crippen molar-refractivity contribution in [1.29, 1.82) is 0 Å². The second kappa shape index (κ2) is 14.9. The highest BCUT2D eigenvalue weighted by Gasteiger charge is 2.26. The molecule has 0 spiro atoms. The molecule has 0 radical (unpaired) electrons. The molecule has 1 fully saturated rings. The van der Waals surface area contributed by atoms with Gasteiger partial charge in [-0.2, -0.15) is 0 Å². The van der Waals surface area contributed by atoms with Crippen LogP contribution in [-0.4, -0.2) is 32.8 Å². The first-order valence-corrected chi connectivity index (χ1v) is 11.1. The predicted molar refractivity (Wildman–Crippen MR) is 98.0 cm³/mol. The van der Waals surface area contributed by atoms with E-state index in [-0.39, 0.29) is 7.26 Å². The van der Waals surface area contributed by atoms with E-state index in [9.17, 15) is 0 Å². The highest BCUT2D eigenvalue weighted by molar-refractivity contribution is 7.74. The summed E-state index contributed by atoms with van der Waals surface area (Å²) in [7, 11) is 1.33. The number of hydrogen-bond acceptors (Lipinski definition) is 1. The van der Waals surface area contributed by atoms with Gasteiger partial charge in [0.2, 0.25) is 0 Å². The van der Waals surface area contributed by atoms with Gasteiger partial charge in [-0.1, -0.05) is 45.9 Å². The van der Waals surface area contributed by atoms with Crippen molar-refractivity contribution in [2.24, 2.45) is 0 Å². The molecule has 118 valence electrons. The Labute approximate surface area is 128 Å². The minimum absolute atomic E-state index is 0.337. The maximum Gasteiger partial charge on any atom is 0.118 e. The van der Waals surface area contributed by atoms with Crippen molar-refractivity contribution >= 4 is 7.26 Å². The largest absolute Gasteiger partial charge is 0.497 e. The molecule has 0 amide bonds. The average molecular weight is 299 g/mol. The number of benzene rings is 1. The van der Waals surface area contributed by atoms with Crippen LogP contribution in [0, 0.1) is 0 Å². The number of methoxy groups -OCH3 is 1. The molecule has 0 aromatic heterocycles. The number of rotatable bonds is 1. The van der Waals surface area contributed by atoms with Crippen LogP contribution in [0.5, 0.6) is 5.75 Å². The Balaban J connectivity index is 0. The summed E-state index contributed by atoms with van der Waals surface area (Å²) in [6, 6.07) is 9.68. The molecule has 0 bridgehead atoms. The Morgan fingerprint density at radius 1 is 0.800 bits per heavy atom. The summed E-state index contributed by atoms with van der Waals surface area (Å²) in [5.74, 6) is 0.910. The third kappa shape index (κ3) is 12.5. The van der Waals surface area contributed by atoms with E-state index in [4.69, 9.17) is 4.74 Å². The number of para-hydroxylation sites is 1. The smallest absolute Gasteiger partial charge is 0.118 e. The predicted octanol–water partition coefficient (Wildman–Crippen LogP) is 6.20. The van der Waals surface area contributed by atoms with Crippen LogP contribution in [0.2, 0.25) is 0 Å². The van der Waals surface area contributed by atoms with Gasteiger partial charge in [-0.3, -0.25) is 0 Å². The molecule has 1 aliphatic rings. The van der Waals surface area contributed by atoms with E-state index >= 15 is 0 Å². The fourth-order valence-corrected chi connectivity index (χ4v) is 4.31. The van der Waals surface area contributed by atoms with Crippen molar-refractivity contribution in [3.63, 3.8) is 0 Å². The third-order valence-corrected chi connectivity index (χ3v) is 6.06. The van der Waals surface area contributed by atoms with Crippen molar-refractivity contribution < 1.29 is 4.74 Å². The second-order valence-electron chi connectivity index (χ2n) is 4.96. The summed E-state index contributed by atoms with van der Waals surface area (Å²) < 4.78 is 4.91. The average Bonchev–Trinajstić information content (AvgIpc) is 2.52. The Kier molecular flexibility index (Phi) is 16.1. The molecule has 0 saturated carbocycles. The Hall–Kier alpha value is -0.550. The van der Waals surface area contributed by atoms with Crippen LogP contribution in [0.15, 0.2) is 30.3 Å². The van der Waals surface area contributed by atoms with Crippen LogP contribution in [0.3, 0.4) is 0 Å². The van der Waals surface area contributed by atoms with Gasteiger partial charge in [0.25, 0.3) is 0 Å². The summed E-state index contributed by atoms with van der Waals surface area (Å²) >= 11 is 0. The second-order valence-corrected chi connectivity index (χ2v) is 9.73. The SMILES string of the molecule is CC.CC.COc1ccccc1.C[P+]1(C)CCCCC1. The van der Waals surface area contributed by atoms with Crippen LogP contribution in [0.4, 0.5) is 0 Å². The van der Waals surface area contributed by atoms with Crippen molar-refractivity contribution in [2.45, 2.75) is 47.0 Å². The zero-order valence-corrected chi connectivity index (χ0v) is 15.7. The van der Waals surface area contributed by atoms with Crippen molar-refractivity contribution in [2.75, 3.05) is 32.8 Å². The van der Waals surface area contributed by atoms with Gasteiger partial charge < -0.3 is 4.74 Å². The lowest BCUT2D eigenvalue weighted by atomic mass is 10.3. The normalized spacial score (nSPS) is 15.2. The fraction of sp³-hybridized carbons (Fsp3) is 0.667. The highest BCUT2D eigenvalue weighted by atomic mass is 31.2. The van der Waals surface area contributed by atoms with E-state index in [2.05, 4.69) is 13.3 Å². The van der Waals surface area contributed by atoms with Crippen LogP contribution in [0.25, 0.3) is 0 Å². The molecule has 2 rings (SSSR count). The fourth-order valence-electron chi connectivity index (χ4n) is 1.92. The molecule has 1 aromatic rings. The lowest BCUT2D eigenvalue weighted by Gasteiger charge is -2.21. The van der Waals surface area contributed by atoms with Gasteiger partial charge in [0, 0.05) is 20.6 Å². The van der Waals surface area contributed by atoms with Gasteiger partial charge in [0.05, 0.1) is 19.4 Å². The van der Waals surface area contributed by atoms with Gasteiger partial charge in [0.1, 0.15) is 5.75 Å². The first-order chi connectivity index (χ1) is 9.64. The molecule has 1 saturated heterocycles. The molecule has 0 aliphatic carbocycles. The Morgan fingerprint density at radius 3 is 1.50 bits per heavy atom. The van der Waals surface area contributed by atoms with E-state index in [0.717, 1.165) is 5.75 Å². The van der Waals surface area contributed by atoms with E-state index in [1.165, 1.54) is 19.3 Å². The quantitative estimate of drug-likeness (QED) is 0.561. The first kappa shape index (κ1) is 21.7. The molecule has 1 aromatic carbocycles. The summed E-state index contributed by atoms with van der Waals surface area (Å²) in [4.78, 5) is 0. The molecule has 1 heterocycles. The lowest BCUT2D eigenvalue weighted by Crippen LogP contribution is -2.06. The van der Waals surface area contributed by atoms with Crippen LogP contribution in [0.1, 0.15) is 47.0 Å². The first-order valence-electron chi connectivity index (χ1n) is 8.05. The van der Waals surface area contributed by atoms with Gasteiger partial charge in [-0.15, -0.1) is 0 Å². The molecular weight excluding hydrogens is 263 g/mol. The summed E-state index contributed by atoms with van der Waals surface area (Å²) in [5, 5.41) is 0. The van der Waals surface area contributed by atoms with Gasteiger partial charge in [-0.05, 0) is 31.4 Å². The van der Waals surface area contributed by atoms with E-state index < -0.39 is 0 Å². The third-order valence-electron chi connectivity index (χ3n) is 3.01. The van der Waals surface area contributed by atoms with Gasteiger partial charge in [0.15, 0.2) is 0 Å². The lowest BCUT2D eigenvalue weighted by molar-refractivity contribution is 0.415. The molecule has 1 aliphatic heterocycles. The molecule has 0 N–H and O–H groups in total. The monoisotopic (exact) mass is 299 g/mol. The van der Waals surface area contributed by atoms with Crippen LogP contribution in [-0.2, 0) is 0 Å². The summed E-state index contributed by atoms with van der Waals surface area (Å²) in [5.41, 5.74) is 0. The number of ether oxygens (including phenoxy) is 1. The Bertz CT molecular complexity index is 275. The Morgan fingerprint density at radius 2 is 1.25 bits per heavy atom. The standard InChI is InChI=1S/C7H8O.C7H16P.2C2H6/c1-8-7-5-3-2-4-6-7;1-8(2)6-4-3-5-7-8;2*1-2/h2-6H,1H3;3-7H2,1-2H3;2*1-2H3/q;+1;;. The van der Waals surface area contributed by atoms with Gasteiger partial charge >= 0.3 is 0 Å². The van der Waals surface area contributed by atoms with Crippen LogP contribution < -0.4 is 4.74 Å². The van der Waals surface area contributed by atoms with Gasteiger partial charge in [-0.25, -0.2) is 0 Å². The van der Waals surface area contributed by atoms with E-state index in [1.807, 2.05) is 58.0 Å². The van der Waals surface area contributed by atoms with Crippen molar-refractivity contribution in [3.05, 3.63) is 30.3 Å². The molecule has 20 heavy (non-hydrogen) atoms. The zero-order valence-electron chi connectivity index (χ0n) is 14.8. The van der Waals surface area contributed by atoms with E-state index in [0.29, 0.717) is 0 Å². The maximum absolute atomic E-state index is 4.91. The van der Waals surface area contributed by atoms with Crippen molar-refractivity contribution in [3.8, 4) is 5.75 Å². The van der Waals surface area contributed by atoms with E-state index in [1.54, 1.807) is 19.4 Å². The minimum Gasteiger partial charge on any atom is -0.497 e. The zero-order chi connectivity index (χ0) is 15.9. The molecule has 2 heteroatoms.